The van der Waals surface area contributed by atoms with Gasteiger partial charge in [0, 0.05) is 32.1 Å². The second-order valence-electron chi connectivity index (χ2n) is 5.98. The number of rotatable bonds is 1. The molecule has 0 aromatic heterocycles. The van der Waals surface area contributed by atoms with Crippen molar-refractivity contribution >= 4 is 5.97 Å². The van der Waals surface area contributed by atoms with Crippen LogP contribution in [0.15, 0.2) is 11.6 Å². The van der Waals surface area contributed by atoms with Gasteiger partial charge in [-0.05, 0) is 25.0 Å². The predicted octanol–water partition coefficient (Wildman–Crippen LogP) is 1.25. The monoisotopic (exact) mass is 249 g/mol. The Hall–Kier alpha value is -0.870. The maximum atomic E-state index is 11.7. The number of hydrogen-bond donors (Lipinski definition) is 0. The zero-order valence-electron chi connectivity index (χ0n) is 10.7. The number of nitrogens with zero attached hydrogens (tertiary/aromatic N) is 1. The lowest BCUT2D eigenvalue weighted by Gasteiger charge is -2.37. The van der Waals surface area contributed by atoms with Gasteiger partial charge in [-0.15, -0.1) is 0 Å². The molecule has 0 N–H and O–H groups in total. The quantitative estimate of drug-likeness (QED) is 0.656. The molecule has 1 aliphatic carbocycles. The van der Waals surface area contributed by atoms with Crippen molar-refractivity contribution in [1.82, 2.24) is 4.90 Å². The molecule has 0 radical (unpaired) electrons. The molecule has 0 aromatic rings. The smallest absolute Gasteiger partial charge is 0.331 e. The summed E-state index contributed by atoms with van der Waals surface area (Å²) in [6.45, 7) is 1.13. The number of fused-ring (bicyclic) bond motifs is 3. The Labute approximate surface area is 107 Å². The molecule has 3 aliphatic heterocycles. The molecule has 4 aliphatic rings. The minimum absolute atomic E-state index is 0.145. The van der Waals surface area contributed by atoms with E-state index in [9.17, 15) is 4.79 Å². The summed E-state index contributed by atoms with van der Waals surface area (Å²) < 4.78 is 11.4. The van der Waals surface area contributed by atoms with E-state index in [1.165, 1.54) is 18.4 Å². The maximum Gasteiger partial charge on any atom is 0.331 e. The SMILES string of the molecule is CO[C@H]1CC2=CC(=O)O[C@@]23C[C@@H]1N1CCCC[C@@H]13. The molecule has 0 amide bonds. The average Bonchev–Trinajstić information content (AvgIpc) is 2.86. The first-order chi connectivity index (χ1) is 8.74. The Morgan fingerprint density at radius 1 is 1.50 bits per heavy atom. The highest BCUT2D eigenvalue weighted by Gasteiger charge is 2.63. The second-order valence-corrected chi connectivity index (χ2v) is 5.98. The standard InChI is InChI=1S/C14H19NO3/c1-17-11-6-9-7-13(16)18-14(9)8-10(11)15-5-3-2-4-12(14)15/h7,10-12H,2-6,8H2,1H3/t10-,11-,12+,14-/m0/s1. The van der Waals surface area contributed by atoms with Crippen LogP contribution in [0.25, 0.3) is 0 Å². The lowest BCUT2D eigenvalue weighted by molar-refractivity contribution is -0.148. The number of piperidine rings is 1. The van der Waals surface area contributed by atoms with Gasteiger partial charge in [0.1, 0.15) is 0 Å². The number of ether oxygens (including phenoxy) is 2. The molecule has 2 saturated heterocycles. The number of methoxy groups -OCH3 is 1. The number of hydrogen-bond acceptors (Lipinski definition) is 4. The van der Waals surface area contributed by atoms with Crippen molar-refractivity contribution in [3.05, 3.63) is 11.6 Å². The summed E-state index contributed by atoms with van der Waals surface area (Å²) >= 11 is 0. The summed E-state index contributed by atoms with van der Waals surface area (Å²) in [7, 11) is 1.78. The summed E-state index contributed by atoms with van der Waals surface area (Å²) in [6, 6.07) is 0.831. The van der Waals surface area contributed by atoms with Gasteiger partial charge in [-0.3, -0.25) is 4.90 Å². The van der Waals surface area contributed by atoms with E-state index in [0.29, 0.717) is 12.1 Å². The minimum Gasteiger partial charge on any atom is -0.450 e. The number of carbonyl (C=O) groups excluding carboxylic acids is 1. The fourth-order valence-electron chi connectivity index (χ4n) is 4.58. The summed E-state index contributed by atoms with van der Waals surface area (Å²) in [4.78, 5) is 14.3. The van der Waals surface area contributed by atoms with Gasteiger partial charge in [-0.1, -0.05) is 6.42 Å². The Bertz CT molecular complexity index is 433. The minimum atomic E-state index is -0.294. The van der Waals surface area contributed by atoms with E-state index in [2.05, 4.69) is 4.90 Å². The molecule has 18 heavy (non-hydrogen) atoms. The van der Waals surface area contributed by atoms with Crippen LogP contribution in [0.1, 0.15) is 32.1 Å². The van der Waals surface area contributed by atoms with Crippen LogP contribution < -0.4 is 0 Å². The van der Waals surface area contributed by atoms with Gasteiger partial charge in [-0.25, -0.2) is 4.79 Å². The normalized spacial score (nSPS) is 46.4. The Morgan fingerprint density at radius 3 is 3.22 bits per heavy atom. The Kier molecular flexibility index (Phi) is 2.19. The van der Waals surface area contributed by atoms with Crippen molar-refractivity contribution < 1.29 is 14.3 Å². The molecule has 1 saturated carbocycles. The first-order valence-electron chi connectivity index (χ1n) is 6.97. The summed E-state index contributed by atoms with van der Waals surface area (Å²) in [5, 5.41) is 0. The third-order valence-corrected chi connectivity index (χ3v) is 5.29. The average molecular weight is 249 g/mol. The molecule has 0 unspecified atom stereocenters. The zero-order chi connectivity index (χ0) is 12.3. The largest absolute Gasteiger partial charge is 0.450 e. The van der Waals surface area contributed by atoms with Crippen LogP contribution in [-0.2, 0) is 14.3 Å². The summed E-state index contributed by atoms with van der Waals surface area (Å²) in [5.74, 6) is -0.145. The second kappa shape index (κ2) is 3.58. The van der Waals surface area contributed by atoms with Gasteiger partial charge >= 0.3 is 5.97 Å². The fraction of sp³-hybridized carbons (Fsp3) is 0.786. The molecular formula is C14H19NO3. The van der Waals surface area contributed by atoms with E-state index in [1.54, 1.807) is 13.2 Å². The van der Waals surface area contributed by atoms with Crippen molar-refractivity contribution in [2.24, 2.45) is 0 Å². The molecule has 4 nitrogen and oxygen atoms in total. The van der Waals surface area contributed by atoms with E-state index >= 15 is 0 Å². The lowest BCUT2D eigenvalue weighted by atomic mass is 9.76. The van der Waals surface area contributed by atoms with Crippen LogP contribution in [0, 0.1) is 0 Å². The predicted molar refractivity (Wildman–Crippen MR) is 65.1 cm³/mol. The van der Waals surface area contributed by atoms with Gasteiger partial charge in [-0.2, -0.15) is 0 Å². The van der Waals surface area contributed by atoms with E-state index in [0.717, 1.165) is 25.8 Å². The molecule has 4 heteroatoms. The van der Waals surface area contributed by atoms with Crippen LogP contribution in [0.2, 0.25) is 0 Å². The van der Waals surface area contributed by atoms with Crippen LogP contribution in [-0.4, -0.2) is 48.3 Å². The molecule has 1 spiro atoms. The highest BCUT2D eigenvalue weighted by atomic mass is 16.6. The van der Waals surface area contributed by atoms with Crippen molar-refractivity contribution in [3.63, 3.8) is 0 Å². The lowest BCUT2D eigenvalue weighted by Crippen LogP contribution is -2.48. The van der Waals surface area contributed by atoms with E-state index in [1.807, 2.05) is 0 Å². The molecule has 0 aromatic carbocycles. The van der Waals surface area contributed by atoms with Crippen LogP contribution in [0.3, 0.4) is 0 Å². The van der Waals surface area contributed by atoms with E-state index in [4.69, 9.17) is 9.47 Å². The van der Waals surface area contributed by atoms with Crippen molar-refractivity contribution in [3.8, 4) is 0 Å². The van der Waals surface area contributed by atoms with Gasteiger partial charge < -0.3 is 9.47 Å². The topological polar surface area (TPSA) is 38.8 Å². The molecule has 4 atom stereocenters. The third kappa shape index (κ3) is 1.20. The zero-order valence-corrected chi connectivity index (χ0v) is 10.7. The maximum absolute atomic E-state index is 11.7. The first-order valence-corrected chi connectivity index (χ1v) is 6.97. The van der Waals surface area contributed by atoms with Crippen molar-refractivity contribution in [2.75, 3.05) is 13.7 Å². The molecule has 3 heterocycles. The number of carbonyl (C=O) groups is 1. The highest BCUT2D eigenvalue weighted by Crippen LogP contribution is 2.54. The van der Waals surface area contributed by atoms with Crippen LogP contribution in [0.4, 0.5) is 0 Å². The summed E-state index contributed by atoms with van der Waals surface area (Å²) in [6.07, 6.45) is 7.40. The van der Waals surface area contributed by atoms with E-state index < -0.39 is 0 Å². The van der Waals surface area contributed by atoms with Crippen molar-refractivity contribution in [2.45, 2.75) is 55.9 Å². The molecule has 98 valence electrons. The van der Waals surface area contributed by atoms with Crippen molar-refractivity contribution in [1.29, 1.82) is 0 Å². The Morgan fingerprint density at radius 2 is 2.39 bits per heavy atom. The van der Waals surface area contributed by atoms with Gasteiger partial charge in [0.25, 0.3) is 0 Å². The molecule has 3 fully saturated rings. The van der Waals surface area contributed by atoms with E-state index in [-0.39, 0.29) is 17.7 Å². The molecule has 4 rings (SSSR count). The third-order valence-electron chi connectivity index (χ3n) is 5.29. The van der Waals surface area contributed by atoms with Gasteiger partial charge in [0.15, 0.2) is 5.60 Å². The Balaban J connectivity index is 1.79. The highest BCUT2D eigenvalue weighted by molar-refractivity contribution is 5.87. The van der Waals surface area contributed by atoms with Gasteiger partial charge in [0.2, 0.25) is 0 Å². The first kappa shape index (κ1) is 11.0. The van der Waals surface area contributed by atoms with Crippen LogP contribution >= 0.6 is 0 Å². The fourth-order valence-corrected chi connectivity index (χ4v) is 4.58. The number of esters is 1. The van der Waals surface area contributed by atoms with Crippen LogP contribution in [0.5, 0.6) is 0 Å². The van der Waals surface area contributed by atoms with Gasteiger partial charge in [0.05, 0.1) is 12.1 Å². The summed E-state index contributed by atoms with van der Waals surface area (Å²) in [5.41, 5.74) is 0.891. The molecular weight excluding hydrogens is 230 g/mol. The molecule has 2 bridgehead atoms.